The van der Waals surface area contributed by atoms with Crippen LogP contribution in [0.15, 0.2) is 48.8 Å². The summed E-state index contributed by atoms with van der Waals surface area (Å²) in [7, 11) is 0. The number of aromatic nitrogens is 1. The van der Waals surface area contributed by atoms with Crippen LogP contribution in [0.3, 0.4) is 0 Å². The Balaban J connectivity index is 1.60. The highest BCUT2D eigenvalue weighted by Gasteiger charge is 2.25. The quantitative estimate of drug-likeness (QED) is 0.761. The zero-order valence-electron chi connectivity index (χ0n) is 14.7. The third kappa shape index (κ3) is 4.87. The Hall–Kier alpha value is -2.77. The van der Waals surface area contributed by atoms with Crippen molar-refractivity contribution < 1.29 is 9.59 Å². The molecule has 2 heterocycles. The van der Waals surface area contributed by atoms with E-state index in [1.54, 1.807) is 30.5 Å². The summed E-state index contributed by atoms with van der Waals surface area (Å²) in [6.45, 7) is 4.23. The molecular weight excluding hydrogens is 330 g/mol. The molecular formula is C19H23N5O2. The van der Waals surface area contributed by atoms with Crippen LogP contribution in [0.25, 0.3) is 0 Å². The van der Waals surface area contributed by atoms with Crippen molar-refractivity contribution >= 4 is 23.2 Å². The van der Waals surface area contributed by atoms with Crippen molar-refractivity contribution in [2.24, 2.45) is 0 Å². The third-order valence-electron chi connectivity index (χ3n) is 4.26. The highest BCUT2D eigenvalue weighted by Crippen LogP contribution is 2.21. The van der Waals surface area contributed by atoms with Gasteiger partial charge in [-0.05, 0) is 35.9 Å². The van der Waals surface area contributed by atoms with Crippen molar-refractivity contribution in [3.8, 4) is 0 Å². The lowest BCUT2D eigenvalue weighted by molar-refractivity contribution is -0.118. The lowest BCUT2D eigenvalue weighted by Gasteiger charge is -2.35. The minimum absolute atomic E-state index is 0.0620. The number of hydrogen-bond donors (Lipinski definition) is 3. The summed E-state index contributed by atoms with van der Waals surface area (Å²) in [4.78, 5) is 29.9. The number of rotatable bonds is 5. The Kier molecular flexibility index (Phi) is 5.93. The summed E-state index contributed by atoms with van der Waals surface area (Å²) < 4.78 is 0. The molecule has 1 fully saturated rings. The molecule has 1 aromatic carbocycles. The van der Waals surface area contributed by atoms with Gasteiger partial charge in [-0.3, -0.25) is 19.5 Å². The zero-order valence-corrected chi connectivity index (χ0v) is 14.7. The van der Waals surface area contributed by atoms with Crippen LogP contribution >= 0.6 is 0 Å². The van der Waals surface area contributed by atoms with E-state index in [0.717, 1.165) is 25.2 Å². The van der Waals surface area contributed by atoms with Crippen LogP contribution in [0.4, 0.5) is 11.4 Å². The fraction of sp³-hybridized carbons (Fsp3) is 0.316. The molecule has 1 aliphatic heterocycles. The smallest absolute Gasteiger partial charge is 0.238 e. The lowest BCUT2D eigenvalue weighted by atomic mass is 10.1. The number of carbonyl (C=O) groups is 2. The Labute approximate surface area is 152 Å². The molecule has 0 saturated carbocycles. The zero-order chi connectivity index (χ0) is 18.4. The summed E-state index contributed by atoms with van der Waals surface area (Å²) in [6, 6.07) is 11.2. The number of hydrogen-bond acceptors (Lipinski definition) is 5. The van der Waals surface area contributed by atoms with Crippen LogP contribution < -0.4 is 16.0 Å². The van der Waals surface area contributed by atoms with Gasteiger partial charge in [-0.25, -0.2) is 0 Å². The molecule has 0 radical (unpaired) electrons. The summed E-state index contributed by atoms with van der Waals surface area (Å²) in [5.74, 6) is -0.185. The number of pyridine rings is 1. The molecule has 1 unspecified atom stereocenters. The first-order chi connectivity index (χ1) is 12.6. The van der Waals surface area contributed by atoms with Crippen LogP contribution in [-0.4, -0.2) is 47.9 Å². The van der Waals surface area contributed by atoms with E-state index in [1.807, 2.05) is 18.3 Å². The second kappa shape index (κ2) is 8.55. The Bertz CT molecular complexity index is 748. The van der Waals surface area contributed by atoms with Gasteiger partial charge in [0.2, 0.25) is 11.8 Å². The van der Waals surface area contributed by atoms with Gasteiger partial charge in [-0.2, -0.15) is 0 Å². The maximum Gasteiger partial charge on any atom is 0.238 e. The van der Waals surface area contributed by atoms with E-state index in [0.29, 0.717) is 17.9 Å². The second-order valence-corrected chi connectivity index (χ2v) is 6.28. The molecule has 1 saturated heterocycles. The summed E-state index contributed by atoms with van der Waals surface area (Å²) in [5, 5.41) is 8.99. The van der Waals surface area contributed by atoms with Crippen LogP contribution in [0, 0.1) is 0 Å². The van der Waals surface area contributed by atoms with Crippen molar-refractivity contribution in [1.29, 1.82) is 0 Å². The first-order valence-electron chi connectivity index (χ1n) is 8.64. The van der Waals surface area contributed by atoms with Gasteiger partial charge < -0.3 is 16.0 Å². The number of nitrogens with zero attached hydrogens (tertiary/aromatic N) is 2. The Morgan fingerprint density at radius 2 is 1.92 bits per heavy atom. The first kappa shape index (κ1) is 18.0. The molecule has 7 heteroatoms. The average molecular weight is 353 g/mol. The normalized spacial score (nSPS) is 17.5. The molecule has 26 heavy (non-hydrogen) atoms. The van der Waals surface area contributed by atoms with Crippen LogP contribution in [0.1, 0.15) is 18.5 Å². The standard InChI is InChI=1S/C19H23N5O2/c1-14(25)22-16-4-6-17(7-5-16)23-19(26)13-24-10-9-21-12-18(24)15-3-2-8-20-11-15/h2-8,11,18,21H,9-10,12-13H2,1H3,(H,22,25)(H,23,26). The predicted octanol–water partition coefficient (Wildman–Crippen LogP) is 1.62. The van der Waals surface area contributed by atoms with Crippen molar-refractivity contribution in [1.82, 2.24) is 15.2 Å². The van der Waals surface area contributed by atoms with Crippen molar-refractivity contribution in [2.75, 3.05) is 36.8 Å². The second-order valence-electron chi connectivity index (χ2n) is 6.28. The van der Waals surface area contributed by atoms with Gasteiger partial charge in [0.25, 0.3) is 0 Å². The SMILES string of the molecule is CC(=O)Nc1ccc(NC(=O)CN2CCNCC2c2cccnc2)cc1. The molecule has 1 aliphatic rings. The molecule has 1 atom stereocenters. The number of nitrogens with one attached hydrogen (secondary N) is 3. The fourth-order valence-electron chi connectivity index (χ4n) is 3.06. The van der Waals surface area contributed by atoms with Crippen molar-refractivity contribution in [3.63, 3.8) is 0 Å². The van der Waals surface area contributed by atoms with E-state index in [1.165, 1.54) is 6.92 Å². The minimum Gasteiger partial charge on any atom is -0.326 e. The van der Waals surface area contributed by atoms with Gasteiger partial charge >= 0.3 is 0 Å². The van der Waals surface area contributed by atoms with E-state index in [9.17, 15) is 9.59 Å². The molecule has 1 aromatic heterocycles. The molecule has 0 bridgehead atoms. The van der Waals surface area contributed by atoms with Gasteiger partial charge in [0.05, 0.1) is 6.54 Å². The van der Waals surface area contributed by atoms with E-state index in [4.69, 9.17) is 0 Å². The van der Waals surface area contributed by atoms with E-state index < -0.39 is 0 Å². The first-order valence-corrected chi connectivity index (χ1v) is 8.64. The summed E-state index contributed by atoms with van der Waals surface area (Å²) in [5.41, 5.74) is 2.51. The van der Waals surface area contributed by atoms with Gasteiger partial charge in [0.15, 0.2) is 0 Å². The molecule has 2 amide bonds. The third-order valence-corrected chi connectivity index (χ3v) is 4.26. The lowest BCUT2D eigenvalue weighted by Crippen LogP contribution is -2.48. The highest BCUT2D eigenvalue weighted by molar-refractivity contribution is 5.93. The van der Waals surface area contributed by atoms with Gasteiger partial charge in [-0.15, -0.1) is 0 Å². The molecule has 2 aromatic rings. The van der Waals surface area contributed by atoms with Crippen molar-refractivity contribution in [3.05, 3.63) is 54.4 Å². The summed E-state index contributed by atoms with van der Waals surface area (Å²) >= 11 is 0. The van der Waals surface area contributed by atoms with Crippen LogP contribution in [0.5, 0.6) is 0 Å². The number of piperazine rings is 1. The van der Waals surface area contributed by atoms with Gasteiger partial charge in [-0.1, -0.05) is 6.07 Å². The minimum atomic E-state index is -0.123. The number of carbonyl (C=O) groups excluding carboxylic acids is 2. The molecule has 7 nitrogen and oxygen atoms in total. The van der Waals surface area contributed by atoms with Gasteiger partial charge in [0.1, 0.15) is 0 Å². The van der Waals surface area contributed by atoms with Gasteiger partial charge in [0, 0.05) is 56.4 Å². The summed E-state index contributed by atoms with van der Waals surface area (Å²) in [6.07, 6.45) is 3.60. The van der Waals surface area contributed by atoms with E-state index >= 15 is 0 Å². The predicted molar refractivity (Wildman–Crippen MR) is 101 cm³/mol. The molecule has 136 valence electrons. The fourth-order valence-corrected chi connectivity index (χ4v) is 3.06. The highest BCUT2D eigenvalue weighted by atomic mass is 16.2. The molecule has 3 rings (SSSR count). The number of benzene rings is 1. The Morgan fingerprint density at radius 1 is 1.19 bits per heavy atom. The monoisotopic (exact) mass is 353 g/mol. The van der Waals surface area contributed by atoms with E-state index in [-0.39, 0.29) is 17.9 Å². The van der Waals surface area contributed by atoms with Crippen LogP contribution in [-0.2, 0) is 9.59 Å². The average Bonchev–Trinajstić information content (AvgIpc) is 2.64. The number of amides is 2. The maximum absolute atomic E-state index is 12.5. The topological polar surface area (TPSA) is 86.4 Å². The van der Waals surface area contributed by atoms with Crippen LogP contribution in [0.2, 0.25) is 0 Å². The Morgan fingerprint density at radius 3 is 2.58 bits per heavy atom. The number of anilines is 2. The molecule has 0 aliphatic carbocycles. The molecule has 0 spiro atoms. The molecule has 3 N–H and O–H groups in total. The van der Waals surface area contributed by atoms with Crippen molar-refractivity contribution in [2.45, 2.75) is 13.0 Å². The maximum atomic E-state index is 12.5. The largest absolute Gasteiger partial charge is 0.326 e. The van der Waals surface area contributed by atoms with E-state index in [2.05, 4.69) is 25.8 Å².